The standard InChI is InChI=1S/C9H16O2/c1-8-4-6-9(8,11)5-2-3-7-10/h2,5,8,10-11H,3-4,6-7H2,1H3. The van der Waals surface area contributed by atoms with Gasteiger partial charge in [-0.15, -0.1) is 0 Å². The molecule has 1 rings (SSSR count). The zero-order valence-corrected chi connectivity index (χ0v) is 6.95. The molecule has 0 aliphatic heterocycles. The molecule has 2 N–H and O–H groups in total. The predicted molar refractivity (Wildman–Crippen MR) is 44.2 cm³/mol. The number of hydrogen-bond acceptors (Lipinski definition) is 2. The second-order valence-electron chi connectivity index (χ2n) is 3.35. The van der Waals surface area contributed by atoms with Crippen LogP contribution < -0.4 is 0 Å². The van der Waals surface area contributed by atoms with Crippen molar-refractivity contribution < 1.29 is 10.2 Å². The first-order valence-electron chi connectivity index (χ1n) is 4.20. The molecule has 64 valence electrons. The van der Waals surface area contributed by atoms with E-state index in [4.69, 9.17) is 5.11 Å². The van der Waals surface area contributed by atoms with Gasteiger partial charge in [-0.2, -0.15) is 0 Å². The molecule has 2 heteroatoms. The molecular formula is C9H16O2. The molecule has 2 nitrogen and oxygen atoms in total. The third-order valence-electron chi connectivity index (χ3n) is 2.53. The minimum Gasteiger partial charge on any atom is -0.396 e. The fraction of sp³-hybridized carbons (Fsp3) is 0.778. The molecule has 0 amide bonds. The Morgan fingerprint density at radius 1 is 1.64 bits per heavy atom. The first-order chi connectivity index (χ1) is 5.19. The van der Waals surface area contributed by atoms with E-state index in [1.54, 1.807) is 0 Å². The Morgan fingerprint density at radius 2 is 2.36 bits per heavy atom. The number of aliphatic hydroxyl groups is 2. The SMILES string of the molecule is CC1CCC1(O)C=CCCO. The third kappa shape index (κ3) is 1.82. The predicted octanol–water partition coefficient (Wildman–Crippen LogP) is 1.09. The highest BCUT2D eigenvalue weighted by atomic mass is 16.3. The molecule has 1 aliphatic carbocycles. The fourth-order valence-corrected chi connectivity index (χ4v) is 1.34. The summed E-state index contributed by atoms with van der Waals surface area (Å²) in [7, 11) is 0. The van der Waals surface area contributed by atoms with Crippen molar-refractivity contribution in [3.63, 3.8) is 0 Å². The van der Waals surface area contributed by atoms with Crippen molar-refractivity contribution >= 4 is 0 Å². The van der Waals surface area contributed by atoms with E-state index >= 15 is 0 Å². The molecule has 0 bridgehead atoms. The van der Waals surface area contributed by atoms with E-state index in [2.05, 4.69) is 0 Å². The molecule has 1 aliphatic rings. The highest BCUT2D eigenvalue weighted by Gasteiger charge is 2.39. The maximum absolute atomic E-state index is 9.74. The van der Waals surface area contributed by atoms with Crippen molar-refractivity contribution in [1.82, 2.24) is 0 Å². The van der Waals surface area contributed by atoms with Crippen molar-refractivity contribution in [1.29, 1.82) is 0 Å². The number of aliphatic hydroxyl groups excluding tert-OH is 1. The van der Waals surface area contributed by atoms with Gasteiger partial charge in [0.1, 0.15) is 0 Å². The molecule has 0 heterocycles. The Labute approximate surface area is 67.6 Å². The summed E-state index contributed by atoms with van der Waals surface area (Å²) in [6.45, 7) is 2.22. The Kier molecular flexibility index (Phi) is 2.68. The summed E-state index contributed by atoms with van der Waals surface area (Å²) in [5, 5.41) is 18.2. The first-order valence-corrected chi connectivity index (χ1v) is 4.20. The Balaban J connectivity index is 2.34. The van der Waals surface area contributed by atoms with Crippen LogP contribution in [-0.4, -0.2) is 22.4 Å². The van der Waals surface area contributed by atoms with Crippen LogP contribution in [0.3, 0.4) is 0 Å². The van der Waals surface area contributed by atoms with Gasteiger partial charge in [-0.25, -0.2) is 0 Å². The average Bonchev–Trinajstić information content (AvgIpc) is 2.02. The van der Waals surface area contributed by atoms with Gasteiger partial charge in [0.25, 0.3) is 0 Å². The van der Waals surface area contributed by atoms with Gasteiger partial charge in [-0.3, -0.25) is 0 Å². The Bertz CT molecular complexity index is 154. The van der Waals surface area contributed by atoms with Gasteiger partial charge in [0, 0.05) is 6.61 Å². The van der Waals surface area contributed by atoms with Crippen molar-refractivity contribution in [2.45, 2.75) is 31.8 Å². The van der Waals surface area contributed by atoms with E-state index in [1.807, 2.05) is 19.1 Å². The van der Waals surface area contributed by atoms with Gasteiger partial charge >= 0.3 is 0 Å². The van der Waals surface area contributed by atoms with Crippen molar-refractivity contribution in [2.24, 2.45) is 5.92 Å². The summed E-state index contributed by atoms with van der Waals surface area (Å²) in [6.07, 6.45) is 6.32. The maximum atomic E-state index is 9.74. The van der Waals surface area contributed by atoms with Gasteiger partial charge in [0.05, 0.1) is 5.60 Å². The summed E-state index contributed by atoms with van der Waals surface area (Å²) in [5.41, 5.74) is -0.560. The molecule has 0 aromatic carbocycles. The Morgan fingerprint density at radius 3 is 2.73 bits per heavy atom. The summed E-state index contributed by atoms with van der Waals surface area (Å²) < 4.78 is 0. The third-order valence-corrected chi connectivity index (χ3v) is 2.53. The van der Waals surface area contributed by atoms with Crippen molar-refractivity contribution in [2.75, 3.05) is 6.61 Å². The zero-order chi connectivity index (χ0) is 8.32. The van der Waals surface area contributed by atoms with Gasteiger partial charge in [0.2, 0.25) is 0 Å². The van der Waals surface area contributed by atoms with Crippen molar-refractivity contribution in [3.8, 4) is 0 Å². The van der Waals surface area contributed by atoms with E-state index in [0.29, 0.717) is 12.3 Å². The van der Waals surface area contributed by atoms with Crippen LogP contribution in [0.5, 0.6) is 0 Å². The van der Waals surface area contributed by atoms with E-state index in [-0.39, 0.29) is 6.61 Å². The lowest BCUT2D eigenvalue weighted by Crippen LogP contribution is -2.43. The average molecular weight is 156 g/mol. The van der Waals surface area contributed by atoms with Crippen LogP contribution in [0.15, 0.2) is 12.2 Å². The molecule has 11 heavy (non-hydrogen) atoms. The minimum absolute atomic E-state index is 0.168. The fourth-order valence-electron chi connectivity index (χ4n) is 1.34. The molecule has 0 spiro atoms. The molecule has 1 saturated carbocycles. The van der Waals surface area contributed by atoms with Crippen LogP contribution in [0.4, 0.5) is 0 Å². The number of rotatable bonds is 3. The van der Waals surface area contributed by atoms with Gasteiger partial charge < -0.3 is 10.2 Å². The molecule has 0 aromatic heterocycles. The molecule has 0 aromatic rings. The summed E-state index contributed by atoms with van der Waals surface area (Å²) in [5.74, 6) is 0.387. The van der Waals surface area contributed by atoms with E-state index < -0.39 is 5.60 Å². The van der Waals surface area contributed by atoms with Crippen LogP contribution >= 0.6 is 0 Å². The van der Waals surface area contributed by atoms with Gasteiger partial charge in [0.15, 0.2) is 0 Å². The minimum atomic E-state index is -0.560. The molecule has 2 unspecified atom stereocenters. The molecule has 0 radical (unpaired) electrons. The summed E-state index contributed by atoms with van der Waals surface area (Å²) >= 11 is 0. The topological polar surface area (TPSA) is 40.5 Å². The van der Waals surface area contributed by atoms with Crippen LogP contribution in [0.2, 0.25) is 0 Å². The van der Waals surface area contributed by atoms with Gasteiger partial charge in [-0.1, -0.05) is 19.1 Å². The van der Waals surface area contributed by atoms with Crippen LogP contribution in [0.25, 0.3) is 0 Å². The molecule has 0 saturated heterocycles. The highest BCUT2D eigenvalue weighted by molar-refractivity contribution is 5.09. The van der Waals surface area contributed by atoms with Crippen LogP contribution in [-0.2, 0) is 0 Å². The van der Waals surface area contributed by atoms with E-state index in [0.717, 1.165) is 12.8 Å². The summed E-state index contributed by atoms with van der Waals surface area (Å²) in [4.78, 5) is 0. The highest BCUT2D eigenvalue weighted by Crippen LogP contribution is 2.39. The maximum Gasteiger partial charge on any atom is 0.0853 e. The quantitative estimate of drug-likeness (QED) is 0.600. The normalized spacial score (nSPS) is 37.5. The zero-order valence-electron chi connectivity index (χ0n) is 6.95. The number of hydrogen-bond donors (Lipinski definition) is 2. The monoisotopic (exact) mass is 156 g/mol. The van der Waals surface area contributed by atoms with Crippen LogP contribution in [0.1, 0.15) is 26.2 Å². The molecule has 1 fully saturated rings. The van der Waals surface area contributed by atoms with Crippen LogP contribution in [0, 0.1) is 5.92 Å². The molecular weight excluding hydrogens is 140 g/mol. The lowest BCUT2D eigenvalue weighted by atomic mass is 9.70. The second-order valence-corrected chi connectivity index (χ2v) is 3.35. The van der Waals surface area contributed by atoms with Gasteiger partial charge in [-0.05, 0) is 25.2 Å². The Hall–Kier alpha value is -0.340. The smallest absolute Gasteiger partial charge is 0.0853 e. The largest absolute Gasteiger partial charge is 0.396 e. The molecule has 2 atom stereocenters. The van der Waals surface area contributed by atoms with E-state index in [9.17, 15) is 5.11 Å². The second kappa shape index (κ2) is 3.37. The van der Waals surface area contributed by atoms with E-state index in [1.165, 1.54) is 0 Å². The van der Waals surface area contributed by atoms with Crippen molar-refractivity contribution in [3.05, 3.63) is 12.2 Å². The lowest BCUT2D eigenvalue weighted by Gasteiger charge is -2.41. The first kappa shape index (κ1) is 8.75. The summed E-state index contributed by atoms with van der Waals surface area (Å²) in [6, 6.07) is 0. The lowest BCUT2D eigenvalue weighted by molar-refractivity contribution is -0.0425.